The predicted octanol–water partition coefficient (Wildman–Crippen LogP) is 2.22. The molecule has 9 heteroatoms. The minimum absolute atomic E-state index is 0.0410. The summed E-state index contributed by atoms with van der Waals surface area (Å²) in [5.41, 5.74) is 1.07. The maximum Gasteiger partial charge on any atom is 0.316 e. The quantitative estimate of drug-likeness (QED) is 0.663. The number of pyridine rings is 1. The van der Waals surface area contributed by atoms with Crippen LogP contribution in [0.15, 0.2) is 47.5 Å². The van der Waals surface area contributed by atoms with E-state index in [1.54, 1.807) is 48.9 Å². The number of piperidine rings is 1. The monoisotopic (exact) mass is 381 g/mol. The van der Waals surface area contributed by atoms with Crippen LogP contribution in [-0.2, 0) is 0 Å². The molecule has 0 radical (unpaired) electrons. The Labute approximate surface area is 161 Å². The van der Waals surface area contributed by atoms with Crippen molar-refractivity contribution in [3.8, 4) is 23.1 Å². The highest BCUT2D eigenvalue weighted by atomic mass is 16.5. The number of amides is 1. The largest absolute Gasteiger partial charge is 0.494 e. The van der Waals surface area contributed by atoms with E-state index in [4.69, 9.17) is 14.0 Å². The maximum atomic E-state index is 12.7. The molecule has 1 fully saturated rings. The molecule has 0 spiro atoms. The molecular formula is C19H19N5O4. The summed E-state index contributed by atoms with van der Waals surface area (Å²) < 4.78 is 16.1. The fourth-order valence-electron chi connectivity index (χ4n) is 2.98. The van der Waals surface area contributed by atoms with Crippen LogP contribution in [0.25, 0.3) is 11.3 Å². The van der Waals surface area contributed by atoms with Crippen LogP contribution in [0.3, 0.4) is 0 Å². The molecule has 1 aliphatic heterocycles. The molecule has 3 aromatic heterocycles. The molecule has 1 aliphatic rings. The van der Waals surface area contributed by atoms with E-state index in [1.807, 2.05) is 6.07 Å². The number of likely N-dealkylation sites (tertiary alicyclic amines) is 1. The number of ether oxygens (including phenoxy) is 2. The van der Waals surface area contributed by atoms with Gasteiger partial charge in [-0.15, -0.1) is 0 Å². The lowest BCUT2D eigenvalue weighted by atomic mass is 10.1. The molecule has 4 heterocycles. The maximum absolute atomic E-state index is 12.7. The van der Waals surface area contributed by atoms with Gasteiger partial charge in [-0.05, 0) is 12.1 Å². The van der Waals surface area contributed by atoms with Crippen molar-refractivity contribution >= 4 is 5.91 Å². The van der Waals surface area contributed by atoms with E-state index in [1.165, 1.54) is 0 Å². The average Bonchev–Trinajstić information content (AvgIpc) is 3.25. The first-order valence-electron chi connectivity index (χ1n) is 8.92. The lowest BCUT2D eigenvalue weighted by Gasteiger charge is -2.31. The summed E-state index contributed by atoms with van der Waals surface area (Å²) in [4.78, 5) is 26.7. The molecule has 3 aromatic rings. The standard InChI is InChI=1S/C19H19N5O4/c1-26-15-11-21-19(22-12-15)27-14-4-7-24(8-5-14)18(25)16-9-17(28-23-16)13-3-2-6-20-10-13/h2-3,6,9-12,14H,4-5,7-8H2,1H3. The number of carbonyl (C=O) groups is 1. The molecule has 144 valence electrons. The number of nitrogens with zero attached hydrogens (tertiary/aromatic N) is 5. The van der Waals surface area contributed by atoms with Crippen molar-refractivity contribution in [3.05, 3.63) is 48.7 Å². The SMILES string of the molecule is COc1cnc(OC2CCN(C(=O)c3cc(-c4cccnc4)on3)CC2)nc1. The third-order valence-electron chi connectivity index (χ3n) is 4.52. The number of methoxy groups -OCH3 is 1. The van der Waals surface area contributed by atoms with Gasteiger partial charge in [0.25, 0.3) is 5.91 Å². The van der Waals surface area contributed by atoms with E-state index in [2.05, 4.69) is 20.1 Å². The van der Waals surface area contributed by atoms with Crippen LogP contribution in [0.4, 0.5) is 0 Å². The van der Waals surface area contributed by atoms with E-state index >= 15 is 0 Å². The second-order valence-electron chi connectivity index (χ2n) is 6.33. The zero-order chi connectivity index (χ0) is 19.3. The van der Waals surface area contributed by atoms with Gasteiger partial charge in [0.15, 0.2) is 17.2 Å². The van der Waals surface area contributed by atoms with Gasteiger partial charge >= 0.3 is 6.01 Å². The zero-order valence-electron chi connectivity index (χ0n) is 15.3. The van der Waals surface area contributed by atoms with Crippen molar-refractivity contribution in [2.75, 3.05) is 20.2 Å². The fourth-order valence-corrected chi connectivity index (χ4v) is 2.98. The van der Waals surface area contributed by atoms with Crippen molar-refractivity contribution in [3.63, 3.8) is 0 Å². The Bertz CT molecular complexity index is 921. The first kappa shape index (κ1) is 17.9. The minimum Gasteiger partial charge on any atom is -0.494 e. The molecule has 0 saturated carbocycles. The molecular weight excluding hydrogens is 362 g/mol. The average molecular weight is 381 g/mol. The van der Waals surface area contributed by atoms with Crippen LogP contribution in [0, 0.1) is 0 Å². The second kappa shape index (κ2) is 8.03. The predicted molar refractivity (Wildman–Crippen MR) is 97.9 cm³/mol. The van der Waals surface area contributed by atoms with Crippen LogP contribution in [0.2, 0.25) is 0 Å². The van der Waals surface area contributed by atoms with Crippen LogP contribution in [0.5, 0.6) is 11.8 Å². The summed E-state index contributed by atoms with van der Waals surface area (Å²) in [6.07, 6.45) is 7.80. The highest BCUT2D eigenvalue weighted by Gasteiger charge is 2.27. The molecule has 0 unspecified atom stereocenters. The number of aromatic nitrogens is 4. The van der Waals surface area contributed by atoms with Gasteiger partial charge in [-0.2, -0.15) is 9.97 Å². The van der Waals surface area contributed by atoms with Crippen LogP contribution < -0.4 is 9.47 Å². The molecule has 0 bridgehead atoms. The Balaban J connectivity index is 1.33. The summed E-state index contributed by atoms with van der Waals surface area (Å²) >= 11 is 0. The Morgan fingerprint density at radius 2 is 2.00 bits per heavy atom. The van der Waals surface area contributed by atoms with Gasteiger partial charge in [-0.25, -0.2) is 0 Å². The second-order valence-corrected chi connectivity index (χ2v) is 6.33. The summed E-state index contributed by atoms with van der Waals surface area (Å²) in [6.45, 7) is 1.13. The summed E-state index contributed by atoms with van der Waals surface area (Å²) in [6, 6.07) is 5.61. The number of hydrogen-bond donors (Lipinski definition) is 0. The van der Waals surface area contributed by atoms with Crippen molar-refractivity contribution in [2.24, 2.45) is 0 Å². The highest BCUT2D eigenvalue weighted by Crippen LogP contribution is 2.22. The molecule has 1 amide bonds. The van der Waals surface area contributed by atoms with E-state index < -0.39 is 0 Å². The molecule has 0 atom stereocenters. The van der Waals surface area contributed by atoms with Crippen molar-refractivity contribution in [1.29, 1.82) is 0 Å². The Morgan fingerprint density at radius 3 is 2.68 bits per heavy atom. The highest BCUT2D eigenvalue weighted by molar-refractivity contribution is 5.93. The molecule has 1 saturated heterocycles. The van der Waals surface area contributed by atoms with Gasteiger partial charge < -0.3 is 18.9 Å². The van der Waals surface area contributed by atoms with Gasteiger partial charge in [0.2, 0.25) is 0 Å². The molecule has 0 aromatic carbocycles. The first-order valence-corrected chi connectivity index (χ1v) is 8.92. The third-order valence-corrected chi connectivity index (χ3v) is 4.52. The molecule has 28 heavy (non-hydrogen) atoms. The molecule has 0 N–H and O–H groups in total. The van der Waals surface area contributed by atoms with Crippen LogP contribution in [-0.4, -0.2) is 57.2 Å². The number of carbonyl (C=O) groups excluding carboxylic acids is 1. The normalized spacial score (nSPS) is 14.7. The number of rotatable bonds is 5. The summed E-state index contributed by atoms with van der Waals surface area (Å²) in [5, 5.41) is 3.91. The van der Waals surface area contributed by atoms with Gasteiger partial charge in [0.05, 0.1) is 19.5 Å². The van der Waals surface area contributed by atoms with Crippen LogP contribution in [0.1, 0.15) is 23.3 Å². The summed E-state index contributed by atoms with van der Waals surface area (Å²) in [7, 11) is 1.56. The zero-order valence-corrected chi connectivity index (χ0v) is 15.3. The van der Waals surface area contributed by atoms with Gasteiger partial charge in [-0.1, -0.05) is 5.16 Å². The minimum atomic E-state index is -0.155. The molecule has 4 rings (SSSR count). The first-order chi connectivity index (χ1) is 13.7. The smallest absolute Gasteiger partial charge is 0.316 e. The van der Waals surface area contributed by atoms with E-state index in [0.717, 1.165) is 5.56 Å². The summed E-state index contributed by atoms with van der Waals surface area (Å²) in [5.74, 6) is 0.940. The molecule has 9 nitrogen and oxygen atoms in total. The lowest BCUT2D eigenvalue weighted by molar-refractivity contribution is 0.0569. The topological polar surface area (TPSA) is 103 Å². The van der Waals surface area contributed by atoms with Gasteiger partial charge in [0, 0.05) is 50.0 Å². The van der Waals surface area contributed by atoms with Gasteiger partial charge in [-0.3, -0.25) is 9.78 Å². The lowest BCUT2D eigenvalue weighted by Crippen LogP contribution is -2.42. The number of hydrogen-bond acceptors (Lipinski definition) is 8. The van der Waals surface area contributed by atoms with Crippen LogP contribution >= 0.6 is 0 Å². The van der Waals surface area contributed by atoms with Crippen molar-refractivity contribution in [1.82, 2.24) is 25.0 Å². The van der Waals surface area contributed by atoms with Gasteiger partial charge in [0.1, 0.15) is 6.10 Å². The third kappa shape index (κ3) is 3.93. The Kier molecular flexibility index (Phi) is 5.14. The van der Waals surface area contributed by atoms with E-state index in [9.17, 15) is 4.79 Å². The Morgan fingerprint density at radius 1 is 1.21 bits per heavy atom. The van der Waals surface area contributed by atoms with Crippen molar-refractivity contribution in [2.45, 2.75) is 18.9 Å². The van der Waals surface area contributed by atoms with Crippen molar-refractivity contribution < 1.29 is 18.8 Å². The van der Waals surface area contributed by atoms with E-state index in [0.29, 0.717) is 43.5 Å². The molecule has 0 aliphatic carbocycles. The fraction of sp³-hybridized carbons (Fsp3) is 0.316. The van der Waals surface area contributed by atoms with E-state index in [-0.39, 0.29) is 17.7 Å². The Hall–Kier alpha value is -3.49.